The van der Waals surface area contributed by atoms with Gasteiger partial charge in [-0.3, -0.25) is 0 Å². The van der Waals surface area contributed by atoms with Gasteiger partial charge < -0.3 is 0 Å². The highest BCUT2D eigenvalue weighted by Gasteiger charge is 2.22. The molecule has 0 aliphatic rings. The van der Waals surface area contributed by atoms with Gasteiger partial charge in [0.15, 0.2) is 0 Å². The molecule has 0 spiro atoms. The molecule has 4 rings (SSSR count). The summed E-state index contributed by atoms with van der Waals surface area (Å²) in [6, 6.07) is 35.9. The summed E-state index contributed by atoms with van der Waals surface area (Å²) in [7, 11) is 0. The lowest BCUT2D eigenvalue weighted by atomic mass is 10.00. The van der Waals surface area contributed by atoms with Gasteiger partial charge in [0.2, 0.25) is 11.4 Å². The summed E-state index contributed by atoms with van der Waals surface area (Å²) in [5, 5.41) is 4.80. The second kappa shape index (κ2) is 8.45. The largest absolute Gasteiger partial charge is 0.246 e. The van der Waals surface area contributed by atoms with Crippen LogP contribution in [0.1, 0.15) is 13.3 Å². The van der Waals surface area contributed by atoms with Crippen LogP contribution in [0.3, 0.4) is 0 Å². The molecular formula is C26H23N2+. The third-order valence-electron chi connectivity index (χ3n) is 4.67. The zero-order chi connectivity index (χ0) is 19.2. The second-order valence-electron chi connectivity index (χ2n) is 6.63. The molecule has 0 bridgehead atoms. The maximum atomic E-state index is 4.80. The summed E-state index contributed by atoms with van der Waals surface area (Å²) in [5.74, 6) is 0. The van der Waals surface area contributed by atoms with E-state index in [0.29, 0.717) is 0 Å². The van der Waals surface area contributed by atoms with E-state index in [4.69, 9.17) is 5.10 Å². The molecule has 0 N–H and O–H groups in total. The van der Waals surface area contributed by atoms with Crippen LogP contribution >= 0.6 is 0 Å². The molecule has 0 radical (unpaired) electrons. The maximum Gasteiger partial charge on any atom is 0.246 e. The van der Waals surface area contributed by atoms with E-state index in [2.05, 4.69) is 96.5 Å². The maximum absolute atomic E-state index is 4.80. The van der Waals surface area contributed by atoms with Crippen molar-refractivity contribution in [3.8, 4) is 33.6 Å². The molecular weight excluding hydrogens is 340 g/mol. The van der Waals surface area contributed by atoms with Gasteiger partial charge in [-0.1, -0.05) is 73.7 Å². The lowest BCUT2D eigenvalue weighted by molar-refractivity contribution is -0.656. The zero-order valence-corrected chi connectivity index (χ0v) is 16.0. The number of benzene rings is 3. The van der Waals surface area contributed by atoms with Crippen LogP contribution in [-0.2, 0) is 0 Å². The Morgan fingerprint density at radius 3 is 1.46 bits per heavy atom. The molecule has 4 aromatic rings. The molecule has 0 saturated carbocycles. The summed E-state index contributed by atoms with van der Waals surface area (Å²) in [5.41, 5.74) is 6.82. The lowest BCUT2D eigenvalue weighted by Gasteiger charge is -2.08. The molecule has 0 aliphatic heterocycles. The van der Waals surface area contributed by atoms with Gasteiger partial charge in [0.25, 0.3) is 0 Å². The van der Waals surface area contributed by atoms with Crippen molar-refractivity contribution < 1.29 is 4.68 Å². The first-order valence-electron chi connectivity index (χ1n) is 9.66. The summed E-state index contributed by atoms with van der Waals surface area (Å²) in [6.07, 6.45) is 2.84. The Bertz CT molecular complexity index is 1010. The van der Waals surface area contributed by atoms with Crippen molar-refractivity contribution in [1.29, 1.82) is 0 Å². The Balaban J connectivity index is 2.03. The van der Waals surface area contributed by atoms with Gasteiger partial charge in [-0.2, -0.15) is 0 Å². The summed E-state index contributed by atoms with van der Waals surface area (Å²) in [6.45, 7) is 2.10. The topological polar surface area (TPSA) is 16.2 Å². The molecule has 0 unspecified atom stereocenters. The average Bonchev–Trinajstić information content (AvgIpc) is 2.79. The number of hydrogen-bond donors (Lipinski definition) is 0. The first-order valence-corrected chi connectivity index (χ1v) is 9.66. The van der Waals surface area contributed by atoms with Crippen molar-refractivity contribution >= 4 is 6.21 Å². The van der Waals surface area contributed by atoms with Crippen LogP contribution in [-0.4, -0.2) is 6.21 Å². The molecule has 0 fully saturated rings. The van der Waals surface area contributed by atoms with Crippen LogP contribution in [0.2, 0.25) is 0 Å². The van der Waals surface area contributed by atoms with Gasteiger partial charge in [0.05, 0.1) is 6.21 Å². The fourth-order valence-electron chi connectivity index (χ4n) is 3.30. The highest BCUT2D eigenvalue weighted by atomic mass is 15.3. The van der Waals surface area contributed by atoms with E-state index in [1.165, 1.54) is 11.1 Å². The molecule has 0 atom stereocenters. The van der Waals surface area contributed by atoms with Crippen LogP contribution < -0.4 is 4.68 Å². The van der Waals surface area contributed by atoms with Gasteiger partial charge in [-0.05, 0) is 51.6 Å². The molecule has 2 nitrogen and oxygen atoms in total. The predicted molar refractivity (Wildman–Crippen MR) is 117 cm³/mol. The highest BCUT2D eigenvalue weighted by molar-refractivity contribution is 5.73. The van der Waals surface area contributed by atoms with Crippen LogP contribution in [0.25, 0.3) is 33.6 Å². The number of rotatable bonds is 5. The van der Waals surface area contributed by atoms with Gasteiger partial charge in [0.1, 0.15) is 0 Å². The lowest BCUT2D eigenvalue weighted by Crippen LogP contribution is -2.34. The summed E-state index contributed by atoms with van der Waals surface area (Å²) in [4.78, 5) is 0. The molecule has 28 heavy (non-hydrogen) atoms. The monoisotopic (exact) mass is 363 g/mol. The first kappa shape index (κ1) is 17.9. The van der Waals surface area contributed by atoms with Crippen molar-refractivity contribution in [1.82, 2.24) is 0 Å². The fraction of sp³-hybridized carbons (Fsp3) is 0.0769. The fourth-order valence-corrected chi connectivity index (χ4v) is 3.30. The summed E-state index contributed by atoms with van der Waals surface area (Å²) >= 11 is 0. The molecule has 0 amide bonds. The SMILES string of the molecule is CCC=N[n+]1c(-c2ccccc2)cc(-c2ccccc2)cc1-c1ccccc1. The minimum absolute atomic E-state index is 0.885. The number of hydrogen-bond acceptors (Lipinski definition) is 1. The van der Waals surface area contributed by atoms with E-state index >= 15 is 0 Å². The van der Waals surface area contributed by atoms with E-state index in [-0.39, 0.29) is 0 Å². The molecule has 1 heterocycles. The van der Waals surface area contributed by atoms with Crippen LogP contribution in [0.4, 0.5) is 0 Å². The van der Waals surface area contributed by atoms with Gasteiger partial charge in [-0.15, -0.1) is 0 Å². The molecule has 136 valence electrons. The Hall–Kier alpha value is -3.52. The first-order chi connectivity index (χ1) is 13.9. The van der Waals surface area contributed by atoms with Crippen molar-refractivity contribution in [3.05, 3.63) is 103 Å². The Morgan fingerprint density at radius 1 is 0.607 bits per heavy atom. The Morgan fingerprint density at radius 2 is 1.04 bits per heavy atom. The summed E-state index contributed by atoms with van der Waals surface area (Å²) < 4.78 is 2.06. The van der Waals surface area contributed by atoms with Crippen LogP contribution in [0, 0.1) is 0 Å². The molecule has 3 aromatic carbocycles. The Kier molecular flexibility index (Phi) is 5.39. The van der Waals surface area contributed by atoms with E-state index in [0.717, 1.165) is 28.9 Å². The molecule has 2 heteroatoms. The molecule has 0 saturated heterocycles. The normalized spacial score (nSPS) is 11.0. The van der Waals surface area contributed by atoms with Crippen molar-refractivity contribution in [2.24, 2.45) is 5.10 Å². The number of pyridine rings is 1. The van der Waals surface area contributed by atoms with Crippen molar-refractivity contribution in [3.63, 3.8) is 0 Å². The zero-order valence-electron chi connectivity index (χ0n) is 16.0. The highest BCUT2D eigenvalue weighted by Crippen LogP contribution is 2.29. The number of nitrogens with zero attached hydrogens (tertiary/aromatic N) is 2. The standard InChI is InChI=1S/C26H23N2/c1-2-18-27-28-25(22-14-8-4-9-15-22)19-24(21-12-6-3-7-13-21)20-26(28)23-16-10-5-11-17-23/h3-20H,2H2,1H3/q+1. The van der Waals surface area contributed by atoms with E-state index in [1.54, 1.807) is 0 Å². The van der Waals surface area contributed by atoms with Gasteiger partial charge in [-0.25, -0.2) is 0 Å². The average molecular weight is 363 g/mol. The van der Waals surface area contributed by atoms with E-state index in [9.17, 15) is 0 Å². The smallest absolute Gasteiger partial charge is 0.0622 e. The minimum atomic E-state index is 0.885. The van der Waals surface area contributed by atoms with Crippen LogP contribution in [0.15, 0.2) is 108 Å². The number of aromatic nitrogens is 1. The molecule has 1 aromatic heterocycles. The third-order valence-corrected chi connectivity index (χ3v) is 4.67. The van der Waals surface area contributed by atoms with E-state index < -0.39 is 0 Å². The van der Waals surface area contributed by atoms with Gasteiger partial charge in [0, 0.05) is 23.3 Å². The Labute approximate surface area is 166 Å². The van der Waals surface area contributed by atoms with Crippen LogP contribution in [0.5, 0.6) is 0 Å². The second-order valence-corrected chi connectivity index (χ2v) is 6.63. The quantitative estimate of drug-likeness (QED) is 0.296. The van der Waals surface area contributed by atoms with Crippen molar-refractivity contribution in [2.45, 2.75) is 13.3 Å². The van der Waals surface area contributed by atoms with Gasteiger partial charge >= 0.3 is 0 Å². The third kappa shape index (κ3) is 3.77. The minimum Gasteiger partial charge on any atom is -0.0622 e. The predicted octanol–water partition coefficient (Wildman–Crippen LogP) is 6.22. The van der Waals surface area contributed by atoms with Crippen molar-refractivity contribution in [2.75, 3.05) is 0 Å². The molecule has 0 aliphatic carbocycles. The van der Waals surface area contributed by atoms with E-state index in [1.807, 2.05) is 24.4 Å².